The molecule has 2 rings (SSSR count). The molecule has 1 aliphatic rings. The molecule has 0 aromatic heterocycles. The summed E-state index contributed by atoms with van der Waals surface area (Å²) in [6.45, 7) is 5.20. The summed E-state index contributed by atoms with van der Waals surface area (Å²) in [7, 11) is 0. The molecule has 0 unspecified atom stereocenters. The number of amides is 2. The fraction of sp³-hybridized carbons (Fsp3) is 0.467. The van der Waals surface area contributed by atoms with Crippen LogP contribution in [-0.2, 0) is 9.59 Å². The molecule has 0 bridgehead atoms. The summed E-state index contributed by atoms with van der Waals surface area (Å²) >= 11 is 3.47. The smallest absolute Gasteiger partial charge is 0.242 e. The third-order valence-corrected chi connectivity index (χ3v) is 4.16. The summed E-state index contributed by atoms with van der Waals surface area (Å²) in [5, 5.41) is 0. The first kappa shape index (κ1) is 15.0. The summed E-state index contributed by atoms with van der Waals surface area (Å²) in [5.41, 5.74) is 1.85. The predicted octanol–water partition coefficient (Wildman–Crippen LogP) is 2.73. The van der Waals surface area contributed by atoms with E-state index in [1.165, 1.54) is 11.8 Å². The maximum atomic E-state index is 12.2. The molecule has 0 radical (unpaired) electrons. The molecule has 0 saturated carbocycles. The predicted molar refractivity (Wildman–Crippen MR) is 82.7 cm³/mol. The van der Waals surface area contributed by atoms with E-state index in [1.807, 2.05) is 30.0 Å². The third kappa shape index (κ3) is 3.39. The first-order valence-electron chi connectivity index (χ1n) is 6.81. The second kappa shape index (κ2) is 6.39. The highest BCUT2D eigenvalue weighted by Gasteiger charge is 2.23. The van der Waals surface area contributed by atoms with Crippen molar-refractivity contribution in [2.45, 2.75) is 26.7 Å². The Morgan fingerprint density at radius 3 is 2.50 bits per heavy atom. The minimum Gasteiger partial charge on any atom is -0.341 e. The van der Waals surface area contributed by atoms with Crippen LogP contribution in [0, 0.1) is 6.92 Å². The zero-order valence-electron chi connectivity index (χ0n) is 11.9. The van der Waals surface area contributed by atoms with E-state index in [4.69, 9.17) is 0 Å². The van der Waals surface area contributed by atoms with Gasteiger partial charge in [0.15, 0.2) is 0 Å². The number of benzene rings is 1. The van der Waals surface area contributed by atoms with Gasteiger partial charge in [0.05, 0.1) is 5.69 Å². The molecule has 1 heterocycles. The van der Waals surface area contributed by atoms with Crippen LogP contribution in [0.15, 0.2) is 22.7 Å². The first-order chi connectivity index (χ1) is 9.49. The van der Waals surface area contributed by atoms with E-state index in [2.05, 4.69) is 15.9 Å². The van der Waals surface area contributed by atoms with E-state index in [-0.39, 0.29) is 18.4 Å². The van der Waals surface area contributed by atoms with Gasteiger partial charge in [-0.1, -0.05) is 6.07 Å². The molecule has 0 atom stereocenters. The normalized spacial score (nSPS) is 14.4. The Bertz CT molecular complexity index is 525. The van der Waals surface area contributed by atoms with Crippen molar-refractivity contribution in [3.8, 4) is 0 Å². The molecule has 20 heavy (non-hydrogen) atoms. The minimum atomic E-state index is -0.123. The standard InChI is InChI=1S/C15H19BrN2O2/c1-11-5-6-14(13(16)9-11)18(12(2)19)10-15(20)17-7-3-4-8-17/h5-6,9H,3-4,7-8,10H2,1-2H3. The van der Waals surface area contributed by atoms with Crippen molar-refractivity contribution in [2.24, 2.45) is 0 Å². The van der Waals surface area contributed by atoms with Crippen molar-refractivity contribution in [3.05, 3.63) is 28.2 Å². The number of rotatable bonds is 3. The summed E-state index contributed by atoms with van der Waals surface area (Å²) in [6.07, 6.45) is 2.11. The maximum absolute atomic E-state index is 12.2. The number of hydrogen-bond donors (Lipinski definition) is 0. The minimum absolute atomic E-state index is 0.0187. The maximum Gasteiger partial charge on any atom is 0.242 e. The Balaban J connectivity index is 2.18. The number of likely N-dealkylation sites (tertiary alicyclic amines) is 1. The molecule has 5 heteroatoms. The number of halogens is 1. The van der Waals surface area contributed by atoms with Gasteiger partial charge in [-0.2, -0.15) is 0 Å². The Morgan fingerprint density at radius 2 is 1.95 bits per heavy atom. The number of nitrogens with zero attached hydrogens (tertiary/aromatic N) is 2. The van der Waals surface area contributed by atoms with Gasteiger partial charge >= 0.3 is 0 Å². The van der Waals surface area contributed by atoms with Crippen LogP contribution in [0.4, 0.5) is 5.69 Å². The average molecular weight is 339 g/mol. The van der Waals surface area contributed by atoms with E-state index < -0.39 is 0 Å². The molecular formula is C15H19BrN2O2. The molecule has 4 nitrogen and oxygen atoms in total. The lowest BCUT2D eigenvalue weighted by Gasteiger charge is -2.25. The zero-order chi connectivity index (χ0) is 14.7. The van der Waals surface area contributed by atoms with Crippen molar-refractivity contribution >= 4 is 33.4 Å². The van der Waals surface area contributed by atoms with Crippen LogP contribution < -0.4 is 4.90 Å². The molecule has 2 amide bonds. The largest absolute Gasteiger partial charge is 0.341 e. The quantitative estimate of drug-likeness (QED) is 0.850. The highest BCUT2D eigenvalue weighted by atomic mass is 79.9. The molecule has 1 saturated heterocycles. The van der Waals surface area contributed by atoms with Gasteiger partial charge in [0.1, 0.15) is 6.54 Å². The van der Waals surface area contributed by atoms with Crippen LogP contribution in [-0.4, -0.2) is 36.3 Å². The number of aryl methyl sites for hydroxylation is 1. The highest BCUT2D eigenvalue weighted by molar-refractivity contribution is 9.10. The van der Waals surface area contributed by atoms with E-state index in [0.29, 0.717) is 0 Å². The van der Waals surface area contributed by atoms with Crippen LogP contribution in [0.2, 0.25) is 0 Å². The van der Waals surface area contributed by atoms with Crippen LogP contribution in [0.5, 0.6) is 0 Å². The molecule has 0 N–H and O–H groups in total. The van der Waals surface area contributed by atoms with Crippen molar-refractivity contribution in [1.29, 1.82) is 0 Å². The lowest BCUT2D eigenvalue weighted by Crippen LogP contribution is -2.41. The summed E-state index contributed by atoms with van der Waals surface area (Å²) in [5.74, 6) is -0.104. The summed E-state index contributed by atoms with van der Waals surface area (Å²) < 4.78 is 0.835. The third-order valence-electron chi connectivity index (χ3n) is 3.53. The monoisotopic (exact) mass is 338 g/mol. The first-order valence-corrected chi connectivity index (χ1v) is 7.60. The highest BCUT2D eigenvalue weighted by Crippen LogP contribution is 2.27. The zero-order valence-corrected chi connectivity index (χ0v) is 13.4. The van der Waals surface area contributed by atoms with Crippen molar-refractivity contribution in [2.75, 3.05) is 24.5 Å². The lowest BCUT2D eigenvalue weighted by molar-refractivity contribution is -0.130. The number of carbonyl (C=O) groups excluding carboxylic acids is 2. The number of hydrogen-bond acceptors (Lipinski definition) is 2. The molecule has 1 aromatic rings. The molecule has 0 aliphatic carbocycles. The van der Waals surface area contributed by atoms with Gasteiger partial charge in [-0.3, -0.25) is 9.59 Å². The van der Waals surface area contributed by atoms with Gasteiger partial charge in [0, 0.05) is 24.5 Å². The molecule has 1 aromatic carbocycles. The Kier molecular flexibility index (Phi) is 4.81. The van der Waals surface area contributed by atoms with Gasteiger partial charge < -0.3 is 9.80 Å². The van der Waals surface area contributed by atoms with Crippen molar-refractivity contribution < 1.29 is 9.59 Å². The Morgan fingerprint density at radius 1 is 1.30 bits per heavy atom. The van der Waals surface area contributed by atoms with Crippen LogP contribution in [0.3, 0.4) is 0 Å². The molecule has 108 valence electrons. The lowest BCUT2D eigenvalue weighted by atomic mass is 10.2. The van der Waals surface area contributed by atoms with Crippen LogP contribution in [0.1, 0.15) is 25.3 Å². The van der Waals surface area contributed by atoms with Crippen molar-refractivity contribution in [3.63, 3.8) is 0 Å². The Labute approximate surface area is 127 Å². The fourth-order valence-electron chi connectivity index (χ4n) is 2.40. The molecular weight excluding hydrogens is 320 g/mol. The summed E-state index contributed by atoms with van der Waals surface area (Å²) in [6, 6.07) is 5.76. The van der Waals surface area contributed by atoms with Gasteiger partial charge in [0.25, 0.3) is 0 Å². The average Bonchev–Trinajstić information content (AvgIpc) is 2.90. The molecule has 0 spiro atoms. The van der Waals surface area contributed by atoms with E-state index in [1.54, 1.807) is 0 Å². The van der Waals surface area contributed by atoms with Gasteiger partial charge in [-0.15, -0.1) is 0 Å². The van der Waals surface area contributed by atoms with Crippen LogP contribution >= 0.6 is 15.9 Å². The van der Waals surface area contributed by atoms with Gasteiger partial charge in [-0.25, -0.2) is 0 Å². The van der Waals surface area contributed by atoms with Gasteiger partial charge in [-0.05, 0) is 53.4 Å². The number of anilines is 1. The van der Waals surface area contributed by atoms with Crippen LogP contribution in [0.25, 0.3) is 0 Å². The SMILES string of the molecule is CC(=O)N(CC(=O)N1CCCC1)c1ccc(C)cc1Br. The molecule has 1 aliphatic heterocycles. The van der Waals surface area contributed by atoms with Gasteiger partial charge in [0.2, 0.25) is 11.8 Å². The van der Waals surface area contributed by atoms with E-state index >= 15 is 0 Å². The van der Waals surface area contributed by atoms with E-state index in [9.17, 15) is 9.59 Å². The van der Waals surface area contributed by atoms with Crippen molar-refractivity contribution in [1.82, 2.24) is 4.90 Å². The molecule has 1 fully saturated rings. The Hall–Kier alpha value is -1.36. The topological polar surface area (TPSA) is 40.6 Å². The second-order valence-electron chi connectivity index (χ2n) is 5.15. The number of carbonyl (C=O) groups is 2. The second-order valence-corrected chi connectivity index (χ2v) is 6.00. The summed E-state index contributed by atoms with van der Waals surface area (Å²) in [4.78, 5) is 27.5. The fourth-order valence-corrected chi connectivity index (χ4v) is 3.11. The van der Waals surface area contributed by atoms with E-state index in [0.717, 1.165) is 41.7 Å².